The van der Waals surface area contributed by atoms with E-state index in [0.29, 0.717) is 9.35 Å². The van der Waals surface area contributed by atoms with E-state index in [1.54, 1.807) is 11.6 Å². The van der Waals surface area contributed by atoms with Gasteiger partial charge in [-0.25, -0.2) is 4.39 Å². The summed E-state index contributed by atoms with van der Waals surface area (Å²) in [6.45, 7) is 0. The third kappa shape index (κ3) is 2.13. The zero-order valence-corrected chi connectivity index (χ0v) is 11.0. The summed E-state index contributed by atoms with van der Waals surface area (Å²) in [4.78, 5) is 4.41. The van der Waals surface area contributed by atoms with Gasteiger partial charge in [0.2, 0.25) is 0 Å². The molecule has 1 N–H and O–H groups in total. The van der Waals surface area contributed by atoms with E-state index in [1.165, 1.54) is 23.6 Å². The molecule has 1 aromatic heterocycles. The summed E-state index contributed by atoms with van der Waals surface area (Å²) in [7, 11) is 0. The second kappa shape index (κ2) is 4.79. The minimum Gasteiger partial charge on any atom is -0.383 e. The zero-order chi connectivity index (χ0) is 11.7. The fourth-order valence-corrected chi connectivity index (χ4v) is 2.37. The summed E-state index contributed by atoms with van der Waals surface area (Å²) in [5.74, 6) is -0.614. The molecule has 2 nitrogen and oxygen atoms in total. The van der Waals surface area contributed by atoms with Crippen molar-refractivity contribution in [3.8, 4) is 0 Å². The van der Waals surface area contributed by atoms with Gasteiger partial charge in [-0.05, 0) is 22.0 Å². The number of nitrogens with zero attached hydrogens (tertiary/aromatic N) is 1. The van der Waals surface area contributed by atoms with Crippen molar-refractivity contribution < 1.29 is 9.50 Å². The molecule has 0 spiro atoms. The van der Waals surface area contributed by atoms with Crippen LogP contribution in [0.1, 0.15) is 16.5 Å². The zero-order valence-electron chi connectivity index (χ0n) is 7.82. The molecule has 0 radical (unpaired) electrons. The van der Waals surface area contributed by atoms with Crippen molar-refractivity contribution >= 4 is 38.9 Å². The number of benzene rings is 1. The Balaban J connectivity index is 2.45. The molecule has 2 aromatic rings. The predicted octanol–water partition coefficient (Wildman–Crippen LogP) is 3.78. The van der Waals surface area contributed by atoms with Crippen LogP contribution >= 0.6 is 38.9 Å². The Morgan fingerprint density at radius 3 is 2.88 bits per heavy atom. The molecule has 0 amide bonds. The molecular weight excluding hydrogens is 317 g/mol. The van der Waals surface area contributed by atoms with Crippen LogP contribution in [0, 0.1) is 5.82 Å². The van der Waals surface area contributed by atoms with E-state index in [0.717, 1.165) is 0 Å². The van der Waals surface area contributed by atoms with Crippen LogP contribution in [-0.4, -0.2) is 10.1 Å². The first-order valence-electron chi connectivity index (χ1n) is 4.31. The molecule has 1 aromatic carbocycles. The number of rotatable bonds is 2. The Kier molecular flexibility index (Phi) is 3.59. The third-order valence-electron chi connectivity index (χ3n) is 2.08. The normalized spacial score (nSPS) is 12.8. The fraction of sp³-hybridized carbons (Fsp3) is 0.100. The molecule has 16 heavy (non-hydrogen) atoms. The predicted molar refractivity (Wildman–Crippen MR) is 65.3 cm³/mol. The van der Waals surface area contributed by atoms with Crippen LogP contribution in [-0.2, 0) is 0 Å². The third-order valence-corrected chi connectivity index (χ3v) is 4.17. The number of hydrogen-bond donors (Lipinski definition) is 1. The summed E-state index contributed by atoms with van der Waals surface area (Å²) in [6, 6.07) is 3.10. The van der Waals surface area contributed by atoms with Crippen molar-refractivity contribution in [2.24, 2.45) is 0 Å². The standard InChI is InChI=1S/C10H6BrClFNOS/c11-6-2-1-5(9(13)8(6)12)10(15)7-3-14-4-16-7/h1-4,10,15H. The molecule has 0 fully saturated rings. The first-order chi connectivity index (χ1) is 7.61. The highest BCUT2D eigenvalue weighted by molar-refractivity contribution is 9.10. The topological polar surface area (TPSA) is 33.1 Å². The lowest BCUT2D eigenvalue weighted by molar-refractivity contribution is 0.218. The average Bonchev–Trinajstić information content (AvgIpc) is 2.79. The van der Waals surface area contributed by atoms with Gasteiger partial charge in [0.25, 0.3) is 0 Å². The number of aromatic nitrogens is 1. The van der Waals surface area contributed by atoms with Gasteiger partial charge < -0.3 is 5.11 Å². The van der Waals surface area contributed by atoms with Crippen LogP contribution in [0.2, 0.25) is 5.02 Å². The van der Waals surface area contributed by atoms with Crippen molar-refractivity contribution in [3.05, 3.63) is 49.6 Å². The molecule has 1 unspecified atom stereocenters. The monoisotopic (exact) mass is 321 g/mol. The molecular formula is C10H6BrClFNOS. The maximum atomic E-state index is 13.8. The van der Waals surface area contributed by atoms with E-state index in [1.807, 2.05) is 0 Å². The van der Waals surface area contributed by atoms with Crippen LogP contribution in [0.4, 0.5) is 4.39 Å². The summed E-state index contributed by atoms with van der Waals surface area (Å²) in [5.41, 5.74) is 1.73. The van der Waals surface area contributed by atoms with E-state index < -0.39 is 11.9 Å². The van der Waals surface area contributed by atoms with Crippen LogP contribution in [0.3, 0.4) is 0 Å². The fourth-order valence-electron chi connectivity index (χ4n) is 1.27. The maximum Gasteiger partial charge on any atom is 0.149 e. The summed E-state index contributed by atoms with van der Waals surface area (Å²) in [6.07, 6.45) is 0.475. The Morgan fingerprint density at radius 2 is 2.25 bits per heavy atom. The van der Waals surface area contributed by atoms with Crippen LogP contribution in [0.15, 0.2) is 28.3 Å². The number of halogens is 3. The number of thiazole rings is 1. The lowest BCUT2D eigenvalue weighted by Crippen LogP contribution is -2.01. The Labute approximate surface area is 109 Å². The second-order valence-electron chi connectivity index (χ2n) is 3.07. The number of aliphatic hydroxyl groups is 1. The Hall–Kier alpha value is -0.490. The van der Waals surface area contributed by atoms with Gasteiger partial charge in [-0.2, -0.15) is 0 Å². The van der Waals surface area contributed by atoms with Crippen molar-refractivity contribution in [1.82, 2.24) is 4.98 Å². The summed E-state index contributed by atoms with van der Waals surface area (Å²) >= 11 is 10.1. The average molecular weight is 323 g/mol. The Bertz CT molecular complexity index is 506. The smallest absolute Gasteiger partial charge is 0.149 e. The van der Waals surface area contributed by atoms with E-state index in [-0.39, 0.29) is 10.6 Å². The quantitative estimate of drug-likeness (QED) is 0.854. The molecule has 0 aliphatic carbocycles. The molecule has 0 bridgehead atoms. The minimum absolute atomic E-state index is 0.0268. The molecule has 1 heterocycles. The van der Waals surface area contributed by atoms with Crippen molar-refractivity contribution in [1.29, 1.82) is 0 Å². The highest BCUT2D eigenvalue weighted by Crippen LogP contribution is 2.33. The molecule has 0 saturated heterocycles. The summed E-state index contributed by atoms with van der Waals surface area (Å²) < 4.78 is 14.2. The molecule has 1 atom stereocenters. The van der Waals surface area contributed by atoms with Crippen molar-refractivity contribution in [3.63, 3.8) is 0 Å². The van der Waals surface area contributed by atoms with Crippen LogP contribution in [0.5, 0.6) is 0 Å². The molecule has 0 saturated carbocycles. The van der Waals surface area contributed by atoms with Crippen molar-refractivity contribution in [2.75, 3.05) is 0 Å². The van der Waals surface area contributed by atoms with Gasteiger partial charge in [0.05, 0.1) is 15.4 Å². The SMILES string of the molecule is OC(c1cncs1)c1ccc(Br)c(Cl)c1F. The van der Waals surface area contributed by atoms with Gasteiger partial charge in [0.1, 0.15) is 11.9 Å². The lowest BCUT2D eigenvalue weighted by atomic mass is 10.1. The van der Waals surface area contributed by atoms with Crippen LogP contribution < -0.4 is 0 Å². The van der Waals surface area contributed by atoms with Gasteiger partial charge in [0.15, 0.2) is 0 Å². The van der Waals surface area contributed by atoms with E-state index in [9.17, 15) is 9.50 Å². The van der Waals surface area contributed by atoms with Gasteiger partial charge in [-0.3, -0.25) is 4.98 Å². The van der Waals surface area contributed by atoms with Gasteiger partial charge in [-0.1, -0.05) is 17.7 Å². The first kappa shape index (κ1) is 12.0. The molecule has 0 aliphatic heterocycles. The first-order valence-corrected chi connectivity index (χ1v) is 6.36. The lowest BCUT2D eigenvalue weighted by Gasteiger charge is -2.11. The van der Waals surface area contributed by atoms with E-state index in [2.05, 4.69) is 20.9 Å². The van der Waals surface area contributed by atoms with E-state index >= 15 is 0 Å². The number of aliphatic hydroxyl groups excluding tert-OH is 1. The molecule has 2 rings (SSSR count). The largest absolute Gasteiger partial charge is 0.383 e. The molecule has 6 heteroatoms. The summed E-state index contributed by atoms with van der Waals surface area (Å²) in [5, 5.41) is 9.91. The molecule has 84 valence electrons. The molecule has 0 aliphatic rings. The van der Waals surface area contributed by atoms with Gasteiger partial charge >= 0.3 is 0 Å². The highest BCUT2D eigenvalue weighted by Gasteiger charge is 2.19. The second-order valence-corrected chi connectivity index (χ2v) is 5.22. The maximum absolute atomic E-state index is 13.8. The van der Waals surface area contributed by atoms with Crippen molar-refractivity contribution in [2.45, 2.75) is 6.10 Å². The van der Waals surface area contributed by atoms with Crippen LogP contribution in [0.25, 0.3) is 0 Å². The van der Waals surface area contributed by atoms with Gasteiger partial charge in [0, 0.05) is 16.2 Å². The minimum atomic E-state index is -1.03. The Morgan fingerprint density at radius 1 is 1.50 bits per heavy atom. The highest BCUT2D eigenvalue weighted by atomic mass is 79.9. The van der Waals surface area contributed by atoms with Gasteiger partial charge in [-0.15, -0.1) is 11.3 Å². The number of hydrogen-bond acceptors (Lipinski definition) is 3. The van der Waals surface area contributed by atoms with E-state index in [4.69, 9.17) is 11.6 Å².